The van der Waals surface area contributed by atoms with E-state index in [4.69, 9.17) is 18.9 Å². The molecule has 2 aromatic carbocycles. The average molecular weight is 686 g/mol. The molecule has 0 fully saturated rings. The zero-order valence-corrected chi connectivity index (χ0v) is 27.8. The van der Waals surface area contributed by atoms with Crippen molar-refractivity contribution in [1.29, 1.82) is 0 Å². The van der Waals surface area contributed by atoms with Crippen LogP contribution in [0.2, 0.25) is 0 Å². The Bertz CT molecular complexity index is 1380. The van der Waals surface area contributed by atoms with Gasteiger partial charge in [0.2, 0.25) is 5.91 Å². The van der Waals surface area contributed by atoms with Gasteiger partial charge in [-0.2, -0.15) is 0 Å². The van der Waals surface area contributed by atoms with Gasteiger partial charge in [-0.25, -0.2) is 9.59 Å². The van der Waals surface area contributed by atoms with E-state index in [1.54, 1.807) is 48.5 Å². The molecule has 0 aromatic heterocycles. The van der Waals surface area contributed by atoms with Gasteiger partial charge in [-0.1, -0.05) is 44.3 Å². The molecule has 266 valence electrons. The molecular formula is C35H43NO13. The maximum atomic E-state index is 13.0. The van der Waals surface area contributed by atoms with Gasteiger partial charge >= 0.3 is 23.9 Å². The molecule has 0 saturated heterocycles. The molecular weight excluding hydrogens is 642 g/mol. The summed E-state index contributed by atoms with van der Waals surface area (Å²) in [7, 11) is 0. The second-order valence-corrected chi connectivity index (χ2v) is 11.6. The summed E-state index contributed by atoms with van der Waals surface area (Å²) < 4.78 is 21.1. The van der Waals surface area contributed by atoms with Crippen LogP contribution >= 0.6 is 0 Å². The number of amides is 1. The number of aliphatic hydroxyl groups is 2. The second kappa shape index (κ2) is 19.0. The Morgan fingerprint density at radius 1 is 0.694 bits per heavy atom. The Labute approximate surface area is 284 Å². The number of carboxylic acids is 2. The van der Waals surface area contributed by atoms with Gasteiger partial charge in [0.05, 0.1) is 0 Å². The predicted molar refractivity (Wildman–Crippen MR) is 175 cm³/mol. The third-order valence-electron chi connectivity index (χ3n) is 7.22. The fourth-order valence-electron chi connectivity index (χ4n) is 4.44. The lowest BCUT2D eigenvalue weighted by Crippen LogP contribution is -2.40. The summed E-state index contributed by atoms with van der Waals surface area (Å²) in [6, 6.07) is 13.6. The van der Waals surface area contributed by atoms with Crippen LogP contribution in [-0.4, -0.2) is 107 Å². The average Bonchev–Trinajstić information content (AvgIpc) is 3.05. The van der Waals surface area contributed by atoms with Crippen molar-refractivity contribution in [3.8, 4) is 11.5 Å². The lowest BCUT2D eigenvalue weighted by Gasteiger charge is -2.32. The Balaban J connectivity index is 2.24. The smallest absolute Gasteiger partial charge is 0.333 e. The highest BCUT2D eigenvalue weighted by molar-refractivity contribution is 5.87. The lowest BCUT2D eigenvalue weighted by molar-refractivity contribution is -0.149. The molecule has 0 radical (unpaired) electrons. The molecule has 0 aliphatic carbocycles. The van der Waals surface area contributed by atoms with E-state index in [1.165, 1.54) is 13.8 Å². The van der Waals surface area contributed by atoms with Gasteiger partial charge in [0, 0.05) is 23.0 Å². The molecule has 0 heterocycles. The van der Waals surface area contributed by atoms with Gasteiger partial charge in [0.15, 0.2) is 0 Å². The Morgan fingerprint density at radius 2 is 1.06 bits per heavy atom. The topological polar surface area (TPSA) is 206 Å². The first kappa shape index (κ1) is 40.0. The molecule has 49 heavy (non-hydrogen) atoms. The number of ether oxygens (including phenoxy) is 4. The van der Waals surface area contributed by atoms with E-state index in [0.29, 0.717) is 11.5 Å². The Kier molecular flexibility index (Phi) is 15.5. The first-order valence-corrected chi connectivity index (χ1v) is 15.2. The van der Waals surface area contributed by atoms with E-state index in [1.807, 2.05) is 6.92 Å². The molecule has 4 N–H and O–H groups in total. The van der Waals surface area contributed by atoms with Crippen molar-refractivity contribution < 1.29 is 63.3 Å². The molecule has 1 amide bonds. The van der Waals surface area contributed by atoms with Crippen LogP contribution in [0.1, 0.15) is 44.7 Å². The van der Waals surface area contributed by atoms with Crippen molar-refractivity contribution in [2.24, 2.45) is 0 Å². The summed E-state index contributed by atoms with van der Waals surface area (Å²) >= 11 is 0. The van der Waals surface area contributed by atoms with Crippen LogP contribution in [0.3, 0.4) is 0 Å². The van der Waals surface area contributed by atoms with Crippen LogP contribution in [0.4, 0.5) is 0 Å². The van der Waals surface area contributed by atoms with Crippen LogP contribution in [0.15, 0.2) is 72.8 Å². The zero-order chi connectivity index (χ0) is 36.7. The van der Waals surface area contributed by atoms with Gasteiger partial charge in [0.25, 0.3) is 0 Å². The number of nitrogens with zero attached hydrogens (tertiary/aromatic N) is 1. The quantitative estimate of drug-likeness (QED) is 0.110. The first-order chi connectivity index (χ1) is 23.0. The molecule has 2 atom stereocenters. The maximum Gasteiger partial charge on any atom is 0.333 e. The number of esters is 2. The third-order valence-corrected chi connectivity index (χ3v) is 7.22. The number of hydrogen-bond acceptors (Lipinski definition) is 11. The molecule has 2 unspecified atom stereocenters. The van der Waals surface area contributed by atoms with Crippen LogP contribution in [0, 0.1) is 0 Å². The number of aliphatic carboxylic acids is 2. The molecule has 2 aromatic rings. The largest absolute Gasteiger partial charge is 0.491 e. The summed E-state index contributed by atoms with van der Waals surface area (Å²) in [4.78, 5) is 59.5. The van der Waals surface area contributed by atoms with Crippen molar-refractivity contribution in [3.05, 3.63) is 84.0 Å². The minimum atomic E-state index is -1.35. The second-order valence-electron chi connectivity index (χ2n) is 11.6. The summed E-state index contributed by atoms with van der Waals surface area (Å²) in [5, 5.41) is 38.6. The zero-order valence-electron chi connectivity index (χ0n) is 27.8. The third kappa shape index (κ3) is 13.4. The van der Waals surface area contributed by atoms with Crippen LogP contribution < -0.4 is 9.47 Å². The van der Waals surface area contributed by atoms with E-state index < -0.39 is 60.5 Å². The summed E-state index contributed by atoms with van der Waals surface area (Å²) in [5.41, 5.74) is 0.997. The Morgan fingerprint density at radius 3 is 1.39 bits per heavy atom. The number of rotatable bonds is 21. The van der Waals surface area contributed by atoms with Crippen molar-refractivity contribution in [2.45, 2.75) is 51.2 Å². The molecule has 14 nitrogen and oxygen atoms in total. The maximum absolute atomic E-state index is 13.0. The lowest BCUT2D eigenvalue weighted by atomic mass is 9.73. The molecule has 0 bridgehead atoms. The van der Waals surface area contributed by atoms with Gasteiger partial charge in [0.1, 0.15) is 63.2 Å². The van der Waals surface area contributed by atoms with Crippen molar-refractivity contribution >= 4 is 29.8 Å². The molecule has 14 heteroatoms. The minimum absolute atomic E-state index is 0.154. The molecule has 0 saturated carbocycles. The number of carbonyl (C=O) groups excluding carboxylic acids is 3. The van der Waals surface area contributed by atoms with Crippen molar-refractivity contribution in [3.63, 3.8) is 0 Å². The summed E-state index contributed by atoms with van der Waals surface area (Å²) in [6.45, 7) is 9.38. The van der Waals surface area contributed by atoms with Gasteiger partial charge in [-0.3, -0.25) is 14.4 Å². The molecule has 0 spiro atoms. The molecule has 0 aliphatic rings. The highest BCUT2D eigenvalue weighted by Gasteiger charge is 2.31. The Hall–Kier alpha value is -5.21. The first-order valence-electron chi connectivity index (χ1n) is 15.2. The van der Waals surface area contributed by atoms with E-state index in [2.05, 4.69) is 13.2 Å². The van der Waals surface area contributed by atoms with Gasteiger partial charge in [-0.05, 0) is 55.7 Å². The van der Waals surface area contributed by atoms with E-state index in [0.717, 1.165) is 16.0 Å². The molecule has 2 rings (SSSR count). The monoisotopic (exact) mass is 685 g/mol. The normalized spacial score (nSPS) is 13.2. The van der Waals surface area contributed by atoms with E-state index in [-0.39, 0.29) is 50.4 Å². The number of carboxylic acid groups (broad SMARTS) is 2. The summed E-state index contributed by atoms with van der Waals surface area (Å²) in [5.74, 6) is -3.80. The van der Waals surface area contributed by atoms with Crippen LogP contribution in [-0.2, 0) is 38.9 Å². The standard InChI is InChI=1S/C35H43NO13/c1-22(2)33(44)48-20-26(37)18-46-28-10-6-24(7-11-28)35(5,15-14-30(39)36(16-31(40)41)17-32(42)43)25-8-12-29(13-9-25)47-19-27(38)21-49-34(45)23(3)4/h6-13,26-27,37-38H,1,3,14-21H2,2,4-5H3,(H,40,41)(H,42,43). The number of hydrogen-bond donors (Lipinski definition) is 4. The fourth-order valence-corrected chi connectivity index (χ4v) is 4.44. The van der Waals surface area contributed by atoms with Gasteiger partial charge < -0.3 is 44.3 Å². The van der Waals surface area contributed by atoms with Crippen LogP contribution in [0.5, 0.6) is 11.5 Å². The van der Waals surface area contributed by atoms with E-state index in [9.17, 15) is 44.4 Å². The van der Waals surface area contributed by atoms with Crippen molar-refractivity contribution in [2.75, 3.05) is 39.5 Å². The highest BCUT2D eigenvalue weighted by Crippen LogP contribution is 2.38. The van der Waals surface area contributed by atoms with Crippen LogP contribution in [0.25, 0.3) is 0 Å². The van der Waals surface area contributed by atoms with Gasteiger partial charge in [-0.15, -0.1) is 0 Å². The van der Waals surface area contributed by atoms with E-state index >= 15 is 0 Å². The SMILES string of the molecule is C=C(C)C(=O)OCC(O)COc1ccc(C(C)(CCC(=O)N(CC(=O)O)CC(=O)O)c2ccc(OCC(O)COC(=O)C(=C)C)cc2)cc1. The van der Waals surface area contributed by atoms with Crippen molar-refractivity contribution in [1.82, 2.24) is 4.90 Å². The molecule has 0 aliphatic heterocycles. The number of aliphatic hydroxyl groups excluding tert-OH is 2. The minimum Gasteiger partial charge on any atom is -0.491 e. The fraction of sp³-hybridized carbons (Fsp3) is 0.400. The predicted octanol–water partition coefficient (Wildman–Crippen LogP) is 2.49. The number of carbonyl (C=O) groups is 5. The summed E-state index contributed by atoms with van der Waals surface area (Å²) in [6.07, 6.45) is -2.21. The highest BCUT2D eigenvalue weighted by atomic mass is 16.6. The number of benzene rings is 2.